The van der Waals surface area contributed by atoms with E-state index in [2.05, 4.69) is 9.71 Å². The van der Waals surface area contributed by atoms with Gasteiger partial charge in [-0.1, -0.05) is 0 Å². The van der Waals surface area contributed by atoms with Crippen molar-refractivity contribution < 1.29 is 22.7 Å². The number of nitrogens with one attached hydrogen (secondary N) is 1. The second kappa shape index (κ2) is 7.89. The first-order valence-corrected chi connectivity index (χ1v) is 10.1. The van der Waals surface area contributed by atoms with Crippen molar-refractivity contribution in [3.8, 4) is 11.8 Å². The number of amides is 1. The molecule has 2 heterocycles. The molecule has 0 aliphatic carbocycles. The van der Waals surface area contributed by atoms with Crippen LogP contribution in [0.2, 0.25) is 0 Å². The number of nitrogens with zero attached hydrogens (tertiary/aromatic N) is 3. The van der Waals surface area contributed by atoms with Crippen molar-refractivity contribution in [1.29, 1.82) is 5.26 Å². The van der Waals surface area contributed by atoms with Gasteiger partial charge in [0.25, 0.3) is 5.91 Å². The molecule has 11 heteroatoms. The molecule has 0 radical (unpaired) electrons. The fraction of sp³-hybridized carbons (Fsp3) is 0.105. The van der Waals surface area contributed by atoms with Gasteiger partial charge in [0, 0.05) is 16.5 Å². The Balaban J connectivity index is 1.67. The van der Waals surface area contributed by atoms with Gasteiger partial charge in [-0.15, -0.1) is 11.3 Å². The van der Waals surface area contributed by atoms with Crippen LogP contribution >= 0.6 is 23.3 Å². The summed E-state index contributed by atoms with van der Waals surface area (Å²) in [5.41, 5.74) is -0.791. The van der Waals surface area contributed by atoms with E-state index in [9.17, 15) is 23.2 Å². The molecule has 0 spiro atoms. The van der Waals surface area contributed by atoms with Gasteiger partial charge in [-0.2, -0.15) is 18.4 Å². The number of anilines is 3. The van der Waals surface area contributed by atoms with Gasteiger partial charge < -0.3 is 9.46 Å². The first-order chi connectivity index (χ1) is 14.4. The monoisotopic (exact) mass is 448 g/mol. The highest BCUT2D eigenvalue weighted by atomic mass is 32.2. The van der Waals surface area contributed by atoms with Crippen molar-refractivity contribution in [2.24, 2.45) is 0 Å². The van der Waals surface area contributed by atoms with Gasteiger partial charge in [0.05, 0.1) is 22.5 Å². The van der Waals surface area contributed by atoms with Crippen LogP contribution in [0.25, 0.3) is 0 Å². The summed E-state index contributed by atoms with van der Waals surface area (Å²) in [5.74, 6) is -0.107. The fourth-order valence-corrected chi connectivity index (χ4v) is 4.08. The van der Waals surface area contributed by atoms with Crippen LogP contribution < -0.4 is 14.4 Å². The third-order valence-corrected chi connectivity index (χ3v) is 5.75. The summed E-state index contributed by atoms with van der Waals surface area (Å²) in [5, 5.41) is 11.9. The van der Waals surface area contributed by atoms with Gasteiger partial charge in [0.2, 0.25) is 0 Å². The number of rotatable bonds is 4. The van der Waals surface area contributed by atoms with Crippen LogP contribution in [0.5, 0.6) is 5.75 Å². The zero-order valence-corrected chi connectivity index (χ0v) is 16.6. The molecule has 152 valence electrons. The molecule has 1 aromatic heterocycles. The molecular formula is C19H11F3N4O2S2. The van der Waals surface area contributed by atoms with E-state index in [1.54, 1.807) is 30.5 Å². The average Bonchev–Trinajstić information content (AvgIpc) is 3.25. The van der Waals surface area contributed by atoms with Crippen molar-refractivity contribution in [3.05, 3.63) is 59.1 Å². The predicted molar refractivity (Wildman–Crippen MR) is 107 cm³/mol. The van der Waals surface area contributed by atoms with Crippen LogP contribution in [-0.4, -0.2) is 17.5 Å². The molecule has 0 bridgehead atoms. The van der Waals surface area contributed by atoms with Crippen LogP contribution in [0.1, 0.15) is 11.1 Å². The Hall–Kier alpha value is -3.23. The average molecular weight is 448 g/mol. The van der Waals surface area contributed by atoms with Crippen molar-refractivity contribution >= 4 is 45.7 Å². The van der Waals surface area contributed by atoms with E-state index in [0.717, 1.165) is 28.2 Å². The third kappa shape index (κ3) is 3.92. The Bertz CT molecular complexity index is 1140. The SMILES string of the molecule is N#Cc1cc(C(F)(F)F)ccc1N1C(=O)COc2cc(SNc3nccs3)ccc21. The quantitative estimate of drug-likeness (QED) is 0.552. The second-order valence-corrected chi connectivity index (χ2v) is 7.80. The van der Waals surface area contributed by atoms with Gasteiger partial charge in [0.15, 0.2) is 11.7 Å². The number of carbonyl (C=O) groups excluding carboxylic acids is 1. The minimum absolute atomic E-state index is 0.0707. The molecule has 3 aromatic rings. The van der Waals surface area contributed by atoms with Crippen molar-refractivity contribution in [2.45, 2.75) is 11.1 Å². The lowest BCUT2D eigenvalue weighted by atomic mass is 10.1. The minimum Gasteiger partial charge on any atom is -0.481 e. The van der Waals surface area contributed by atoms with Gasteiger partial charge in [0.1, 0.15) is 11.8 Å². The minimum atomic E-state index is -4.59. The molecular weight excluding hydrogens is 437 g/mol. The number of nitriles is 1. The predicted octanol–water partition coefficient (Wildman–Crippen LogP) is 5.21. The lowest BCUT2D eigenvalue weighted by molar-refractivity contribution is -0.137. The summed E-state index contributed by atoms with van der Waals surface area (Å²) in [6, 6.07) is 9.52. The number of benzene rings is 2. The molecule has 2 aromatic carbocycles. The third-order valence-electron chi connectivity index (χ3n) is 4.15. The van der Waals surface area contributed by atoms with Crippen molar-refractivity contribution in [1.82, 2.24) is 4.98 Å². The standard InChI is InChI=1S/C19H11F3N4O2S2/c20-19(21,22)12-1-3-14(11(7-12)9-23)26-15-4-2-13(8-16(15)28-10-17(26)27)30-25-18-24-5-6-29-18/h1-8H,10H2,(H,24,25). The number of carbonyl (C=O) groups is 1. The lowest BCUT2D eigenvalue weighted by Gasteiger charge is -2.30. The molecule has 0 saturated heterocycles. The van der Waals surface area contributed by atoms with Crippen LogP contribution in [0.15, 0.2) is 52.9 Å². The van der Waals surface area contributed by atoms with Crippen LogP contribution in [0.4, 0.5) is 29.7 Å². The van der Waals surface area contributed by atoms with E-state index in [0.29, 0.717) is 11.4 Å². The maximum atomic E-state index is 13.0. The normalized spacial score (nSPS) is 13.4. The van der Waals surface area contributed by atoms with Crippen molar-refractivity contribution in [3.63, 3.8) is 0 Å². The number of aromatic nitrogens is 1. The number of thiazole rings is 1. The Morgan fingerprint density at radius 3 is 2.73 bits per heavy atom. The first-order valence-electron chi connectivity index (χ1n) is 8.40. The molecule has 0 saturated carbocycles. The Kier molecular flexibility index (Phi) is 5.27. The largest absolute Gasteiger partial charge is 0.481 e. The molecule has 0 fully saturated rings. The summed E-state index contributed by atoms with van der Waals surface area (Å²) in [4.78, 5) is 18.6. The van der Waals surface area contributed by atoms with Crippen molar-refractivity contribution in [2.75, 3.05) is 16.2 Å². The summed E-state index contributed by atoms with van der Waals surface area (Å²) in [7, 11) is 0. The number of halogens is 3. The molecule has 30 heavy (non-hydrogen) atoms. The summed E-state index contributed by atoms with van der Waals surface area (Å²) in [6.07, 6.45) is -2.92. The maximum Gasteiger partial charge on any atom is 0.416 e. The number of ether oxygens (including phenoxy) is 1. The van der Waals surface area contributed by atoms with E-state index in [1.807, 2.05) is 5.38 Å². The highest BCUT2D eigenvalue weighted by molar-refractivity contribution is 8.00. The molecule has 6 nitrogen and oxygen atoms in total. The molecule has 0 unspecified atom stereocenters. The summed E-state index contributed by atoms with van der Waals surface area (Å²) >= 11 is 2.74. The van der Waals surface area contributed by atoms with Gasteiger partial charge in [-0.3, -0.25) is 9.69 Å². The van der Waals surface area contributed by atoms with Gasteiger partial charge >= 0.3 is 6.18 Å². The van der Waals surface area contributed by atoms with E-state index < -0.39 is 17.6 Å². The molecule has 1 amide bonds. The summed E-state index contributed by atoms with van der Waals surface area (Å²) < 4.78 is 47.6. The Morgan fingerprint density at radius 1 is 1.23 bits per heavy atom. The first kappa shape index (κ1) is 20.1. The zero-order chi connectivity index (χ0) is 21.3. The maximum absolute atomic E-state index is 13.0. The molecule has 4 rings (SSSR count). The van der Waals surface area contributed by atoms with Crippen LogP contribution in [0, 0.1) is 11.3 Å². The van der Waals surface area contributed by atoms with E-state index in [4.69, 9.17) is 4.74 Å². The lowest BCUT2D eigenvalue weighted by Crippen LogP contribution is -2.35. The fourth-order valence-electron chi connectivity index (χ4n) is 2.83. The number of fused-ring (bicyclic) bond motifs is 1. The number of hydrogen-bond acceptors (Lipinski definition) is 7. The number of hydrogen-bond donors (Lipinski definition) is 1. The van der Waals surface area contributed by atoms with Crippen LogP contribution in [0.3, 0.4) is 0 Å². The second-order valence-electron chi connectivity index (χ2n) is 6.03. The van der Waals surface area contributed by atoms with E-state index in [-0.39, 0.29) is 17.9 Å². The zero-order valence-electron chi connectivity index (χ0n) is 14.9. The molecule has 1 aliphatic rings. The molecule has 1 N–H and O–H groups in total. The van der Waals surface area contributed by atoms with Gasteiger partial charge in [-0.25, -0.2) is 4.98 Å². The van der Waals surface area contributed by atoms with E-state index >= 15 is 0 Å². The molecule has 0 atom stereocenters. The van der Waals surface area contributed by atoms with Gasteiger partial charge in [-0.05, 0) is 48.3 Å². The highest BCUT2D eigenvalue weighted by Crippen LogP contribution is 2.42. The topological polar surface area (TPSA) is 78.2 Å². The summed E-state index contributed by atoms with van der Waals surface area (Å²) in [6.45, 7) is -0.299. The highest BCUT2D eigenvalue weighted by Gasteiger charge is 2.34. The molecule has 1 aliphatic heterocycles. The smallest absolute Gasteiger partial charge is 0.416 e. The number of alkyl halides is 3. The van der Waals surface area contributed by atoms with Crippen LogP contribution in [-0.2, 0) is 11.0 Å². The van der Waals surface area contributed by atoms with E-state index in [1.165, 1.54) is 28.2 Å². The Labute approximate surface area is 177 Å². The Morgan fingerprint density at radius 2 is 2.03 bits per heavy atom.